The van der Waals surface area contributed by atoms with Gasteiger partial charge in [-0.25, -0.2) is 0 Å². The van der Waals surface area contributed by atoms with E-state index in [1.165, 1.54) is 0 Å². The second kappa shape index (κ2) is 8.06. The lowest BCUT2D eigenvalue weighted by Crippen LogP contribution is -2.11. The number of amides is 1. The Balaban J connectivity index is 1.75. The van der Waals surface area contributed by atoms with Gasteiger partial charge in [0, 0.05) is 27.9 Å². The minimum Gasteiger partial charge on any atom is -0.497 e. The summed E-state index contributed by atoms with van der Waals surface area (Å²) < 4.78 is 7.49. The van der Waals surface area contributed by atoms with Gasteiger partial charge >= 0.3 is 0 Å². The zero-order valence-electron chi connectivity index (χ0n) is 17.4. The molecule has 0 saturated carbocycles. The Morgan fingerprint density at radius 3 is 2.44 bits per heavy atom. The maximum atomic E-state index is 12.2. The molecular weight excluding hydrogens is 420 g/mol. The number of primary amides is 1. The summed E-state index contributed by atoms with van der Waals surface area (Å²) in [4.78, 5) is 12.2. The quantitative estimate of drug-likeness (QED) is 0.361. The summed E-state index contributed by atoms with van der Waals surface area (Å²) in [5.74, 6) is 0.361. The second-order valence-electron chi connectivity index (χ2n) is 7.65. The fraction of sp³-hybridized carbons (Fsp3) is 0.0741. The first-order chi connectivity index (χ1) is 15.5. The number of ether oxygens (including phenoxy) is 1. The van der Waals surface area contributed by atoms with Gasteiger partial charge in [-0.2, -0.15) is 0 Å². The van der Waals surface area contributed by atoms with E-state index in [2.05, 4.69) is 16.7 Å². The monoisotopic (exact) mass is 439 g/mol. The molecular formula is C27H20ClN2O2. The van der Waals surface area contributed by atoms with E-state index in [0.717, 1.165) is 44.2 Å². The molecule has 0 aliphatic rings. The third-order valence-electron chi connectivity index (χ3n) is 5.74. The highest BCUT2D eigenvalue weighted by Crippen LogP contribution is 2.35. The molecule has 1 radical (unpaired) electrons. The summed E-state index contributed by atoms with van der Waals surface area (Å²) >= 11 is 6.07. The molecule has 1 aromatic heterocycles. The molecule has 5 heteroatoms. The van der Waals surface area contributed by atoms with Gasteiger partial charge in [0.15, 0.2) is 0 Å². The second-order valence-corrected chi connectivity index (χ2v) is 8.09. The van der Waals surface area contributed by atoms with E-state index in [-0.39, 0.29) is 0 Å². The number of hydrogen-bond donors (Lipinski definition) is 1. The van der Waals surface area contributed by atoms with Crippen LogP contribution in [0.1, 0.15) is 15.9 Å². The molecule has 1 amide bonds. The summed E-state index contributed by atoms with van der Waals surface area (Å²) in [7, 11) is 1.65. The molecule has 0 bridgehead atoms. The van der Waals surface area contributed by atoms with Gasteiger partial charge in [0.05, 0.1) is 18.1 Å². The highest BCUT2D eigenvalue weighted by molar-refractivity contribution is 6.30. The number of aromatic nitrogens is 1. The first-order valence-corrected chi connectivity index (χ1v) is 10.6. The molecule has 5 aromatic rings. The molecule has 0 fully saturated rings. The highest BCUT2D eigenvalue weighted by Gasteiger charge is 2.17. The van der Waals surface area contributed by atoms with Gasteiger partial charge in [-0.15, -0.1) is 0 Å². The number of halogens is 1. The number of hydrogen-bond acceptors (Lipinski definition) is 2. The maximum absolute atomic E-state index is 12.2. The Morgan fingerprint density at radius 1 is 1.00 bits per heavy atom. The fourth-order valence-corrected chi connectivity index (χ4v) is 4.28. The Bertz CT molecular complexity index is 1450. The van der Waals surface area contributed by atoms with Crippen LogP contribution in [-0.4, -0.2) is 17.6 Å². The average molecular weight is 440 g/mol. The van der Waals surface area contributed by atoms with Crippen molar-refractivity contribution in [2.75, 3.05) is 7.11 Å². The molecule has 0 spiro atoms. The van der Waals surface area contributed by atoms with Crippen LogP contribution in [0.15, 0.2) is 78.9 Å². The number of benzene rings is 4. The Labute approximate surface area is 190 Å². The Kier molecular flexibility index (Phi) is 5.08. The van der Waals surface area contributed by atoms with E-state index >= 15 is 0 Å². The number of nitrogens with zero attached hydrogens (tertiary/aromatic N) is 1. The molecule has 2 N–H and O–H groups in total. The minimum absolute atomic E-state index is 0.450. The van der Waals surface area contributed by atoms with Crippen molar-refractivity contribution in [3.05, 3.63) is 101 Å². The van der Waals surface area contributed by atoms with Crippen molar-refractivity contribution in [3.8, 4) is 16.9 Å². The lowest BCUT2D eigenvalue weighted by molar-refractivity contribution is 0.100. The lowest BCUT2D eigenvalue weighted by Gasteiger charge is -2.10. The van der Waals surface area contributed by atoms with Gasteiger partial charge in [-0.3, -0.25) is 4.79 Å². The summed E-state index contributed by atoms with van der Waals surface area (Å²) in [6.45, 7) is 0.629. The Hall–Kier alpha value is -3.76. The van der Waals surface area contributed by atoms with Gasteiger partial charge in [-0.05, 0) is 71.3 Å². The van der Waals surface area contributed by atoms with Crippen LogP contribution in [0.25, 0.3) is 32.9 Å². The number of methoxy groups -OCH3 is 1. The average Bonchev–Trinajstić information content (AvgIpc) is 3.13. The first kappa shape index (κ1) is 20.2. The van der Waals surface area contributed by atoms with Crippen LogP contribution in [0, 0.1) is 6.07 Å². The van der Waals surface area contributed by atoms with Crippen molar-refractivity contribution in [1.82, 2.24) is 4.57 Å². The number of carbonyl (C=O) groups excluding carboxylic acids is 1. The van der Waals surface area contributed by atoms with Crippen molar-refractivity contribution in [2.24, 2.45) is 5.73 Å². The van der Waals surface area contributed by atoms with Crippen molar-refractivity contribution >= 4 is 39.3 Å². The number of carbonyl (C=O) groups is 1. The summed E-state index contributed by atoms with van der Waals surface area (Å²) in [5.41, 5.74) is 11.3. The fourth-order valence-electron chi connectivity index (χ4n) is 4.15. The molecule has 1 heterocycles. The van der Waals surface area contributed by atoms with Crippen LogP contribution in [0.2, 0.25) is 5.02 Å². The van der Waals surface area contributed by atoms with E-state index in [9.17, 15) is 4.79 Å². The molecule has 0 saturated heterocycles. The highest BCUT2D eigenvalue weighted by atomic mass is 35.5. The third kappa shape index (κ3) is 3.49. The van der Waals surface area contributed by atoms with Gasteiger partial charge in [0.1, 0.15) is 5.75 Å². The molecule has 157 valence electrons. The summed E-state index contributed by atoms with van der Waals surface area (Å²) in [5, 5.41) is 2.39. The van der Waals surface area contributed by atoms with Gasteiger partial charge < -0.3 is 15.0 Å². The molecule has 4 nitrogen and oxygen atoms in total. The molecule has 32 heavy (non-hydrogen) atoms. The van der Waals surface area contributed by atoms with E-state index in [1.807, 2.05) is 66.7 Å². The normalized spacial score (nSPS) is 11.2. The van der Waals surface area contributed by atoms with Crippen molar-refractivity contribution in [3.63, 3.8) is 0 Å². The predicted octanol–water partition coefficient (Wildman–Crippen LogP) is 6.07. The van der Waals surface area contributed by atoms with E-state index in [0.29, 0.717) is 17.1 Å². The number of nitrogens with two attached hydrogens (primary N) is 1. The molecule has 0 unspecified atom stereocenters. The van der Waals surface area contributed by atoms with Crippen molar-refractivity contribution in [2.45, 2.75) is 6.54 Å². The first-order valence-electron chi connectivity index (χ1n) is 10.2. The predicted molar refractivity (Wildman–Crippen MR) is 129 cm³/mol. The van der Waals surface area contributed by atoms with E-state index in [4.69, 9.17) is 22.1 Å². The number of fused-ring (bicyclic) bond motifs is 3. The smallest absolute Gasteiger partial charge is 0.249 e. The molecule has 0 aliphatic heterocycles. The van der Waals surface area contributed by atoms with Crippen LogP contribution < -0.4 is 10.5 Å². The summed E-state index contributed by atoms with van der Waals surface area (Å²) in [6, 6.07) is 28.8. The molecule has 0 aliphatic carbocycles. The minimum atomic E-state index is -0.450. The van der Waals surface area contributed by atoms with Gasteiger partial charge in [0.2, 0.25) is 5.91 Å². The maximum Gasteiger partial charge on any atom is 0.249 e. The molecule has 5 rings (SSSR count). The van der Waals surface area contributed by atoms with Gasteiger partial charge in [-0.1, -0.05) is 41.9 Å². The Morgan fingerprint density at radius 2 is 1.75 bits per heavy atom. The van der Waals surface area contributed by atoms with Crippen LogP contribution in [0.3, 0.4) is 0 Å². The topological polar surface area (TPSA) is 57.2 Å². The van der Waals surface area contributed by atoms with E-state index < -0.39 is 5.91 Å². The standard InChI is InChI=1S/C27H20ClN2O2/c1-32-21-12-5-17(6-13-21)16-30-24-4-2-3-23(27(29)31)26(24)22-14-9-19(15-25(22)30)18-7-10-20(28)11-8-18/h2-13,15H,16H2,1H3,(H2,29,31). The zero-order valence-corrected chi connectivity index (χ0v) is 18.2. The van der Waals surface area contributed by atoms with Crippen molar-refractivity contribution < 1.29 is 9.53 Å². The molecule has 4 aromatic carbocycles. The van der Waals surface area contributed by atoms with Gasteiger partial charge in [0.25, 0.3) is 0 Å². The SMILES string of the molecule is COc1ccc(Cn2c3cc(-c4ccc(Cl)cc4)c[c]c3c3c(C(N)=O)cccc32)cc1. The van der Waals surface area contributed by atoms with Crippen LogP contribution >= 0.6 is 11.6 Å². The molecule has 0 atom stereocenters. The summed E-state index contributed by atoms with van der Waals surface area (Å²) in [6.07, 6.45) is 0. The van der Waals surface area contributed by atoms with E-state index in [1.54, 1.807) is 13.2 Å². The number of rotatable bonds is 5. The van der Waals surface area contributed by atoms with Crippen molar-refractivity contribution in [1.29, 1.82) is 0 Å². The van der Waals surface area contributed by atoms with Crippen LogP contribution in [0.4, 0.5) is 0 Å². The van der Waals surface area contributed by atoms with Crippen LogP contribution in [0.5, 0.6) is 5.75 Å². The largest absolute Gasteiger partial charge is 0.497 e. The third-order valence-corrected chi connectivity index (χ3v) is 5.99. The van der Waals surface area contributed by atoms with Crippen LogP contribution in [-0.2, 0) is 6.54 Å². The lowest BCUT2D eigenvalue weighted by atomic mass is 10.0. The zero-order chi connectivity index (χ0) is 22.2.